The van der Waals surface area contributed by atoms with Gasteiger partial charge in [0.2, 0.25) is 5.91 Å². The third kappa shape index (κ3) is 2.74. The lowest BCUT2D eigenvalue weighted by Gasteiger charge is -2.46. The highest BCUT2D eigenvalue weighted by Gasteiger charge is 2.61. The van der Waals surface area contributed by atoms with E-state index in [1.165, 1.54) is 0 Å². The Balaban J connectivity index is 1.86. The van der Waals surface area contributed by atoms with E-state index in [9.17, 15) is 14.9 Å². The molecule has 2 heterocycles. The number of ether oxygens (including phenoxy) is 1. The summed E-state index contributed by atoms with van der Waals surface area (Å²) in [6.45, 7) is 4.05. The number of carbonyl (C=O) groups excluding carboxylic acids is 2. The normalized spacial score (nSPS) is 23.3. The van der Waals surface area contributed by atoms with Crippen LogP contribution < -0.4 is 20.7 Å². The lowest BCUT2D eigenvalue weighted by molar-refractivity contribution is -0.123. The number of methoxy groups -OCH3 is 1. The predicted octanol–water partition coefficient (Wildman–Crippen LogP) is 3.74. The molecule has 1 unspecified atom stereocenters. The summed E-state index contributed by atoms with van der Waals surface area (Å²) in [4.78, 5) is 29.1. The van der Waals surface area contributed by atoms with Gasteiger partial charge in [-0.15, -0.1) is 0 Å². The molecule has 1 aliphatic carbocycles. The molecule has 0 bridgehead atoms. The highest BCUT2D eigenvalue weighted by molar-refractivity contribution is 6.20. The summed E-state index contributed by atoms with van der Waals surface area (Å²) in [5.74, 6) is 0.261. The van der Waals surface area contributed by atoms with Gasteiger partial charge in [0.15, 0.2) is 5.78 Å². The van der Waals surface area contributed by atoms with E-state index in [4.69, 9.17) is 10.5 Å². The number of amides is 1. The maximum Gasteiger partial charge on any atom is 0.245 e. The Bertz CT molecular complexity index is 1310. The average molecular weight is 441 g/mol. The Kier molecular flexibility index (Phi) is 4.40. The van der Waals surface area contributed by atoms with Crippen LogP contribution in [0.4, 0.5) is 11.4 Å². The zero-order valence-electron chi connectivity index (χ0n) is 18.7. The summed E-state index contributed by atoms with van der Waals surface area (Å²) in [6.07, 6.45) is 0.800. The van der Waals surface area contributed by atoms with Crippen molar-refractivity contribution in [1.29, 1.82) is 5.26 Å². The second-order valence-corrected chi connectivity index (χ2v) is 9.42. The molecule has 2 aromatic carbocycles. The molecule has 166 valence electrons. The first-order valence-corrected chi connectivity index (χ1v) is 10.8. The molecule has 1 spiro atoms. The van der Waals surface area contributed by atoms with Crippen molar-refractivity contribution in [2.75, 3.05) is 17.3 Å². The number of anilines is 2. The minimum Gasteiger partial charge on any atom is -0.497 e. The van der Waals surface area contributed by atoms with Crippen LogP contribution in [-0.2, 0) is 15.0 Å². The summed E-state index contributed by atoms with van der Waals surface area (Å²) in [5.41, 5.74) is 7.72. The fourth-order valence-corrected chi connectivity index (χ4v) is 5.40. The molecular formula is C26H24N4O3. The van der Waals surface area contributed by atoms with E-state index in [1.807, 2.05) is 32.0 Å². The number of rotatable bonds is 2. The van der Waals surface area contributed by atoms with E-state index in [1.54, 1.807) is 42.3 Å². The summed E-state index contributed by atoms with van der Waals surface area (Å²) in [7, 11) is 1.58. The number of Topliss-reactive ketones (excluding diaryl/α,β-unsaturated/α-hetero) is 1. The average Bonchev–Trinajstić information content (AvgIpc) is 3.05. The van der Waals surface area contributed by atoms with Crippen LogP contribution in [0.1, 0.15) is 32.3 Å². The number of nitrogens with two attached hydrogens (primary N) is 1. The van der Waals surface area contributed by atoms with Crippen molar-refractivity contribution in [3.63, 3.8) is 0 Å². The van der Waals surface area contributed by atoms with Gasteiger partial charge in [0.05, 0.1) is 12.7 Å². The molecule has 3 aliphatic rings. The van der Waals surface area contributed by atoms with E-state index >= 15 is 0 Å². The maximum absolute atomic E-state index is 13.7. The lowest BCUT2D eigenvalue weighted by atomic mass is 9.61. The topological polar surface area (TPSA) is 108 Å². The molecule has 33 heavy (non-hydrogen) atoms. The number of hydrogen-bond donors (Lipinski definition) is 2. The van der Waals surface area contributed by atoms with Crippen molar-refractivity contribution in [1.82, 2.24) is 0 Å². The number of carbonyl (C=O) groups is 2. The fraction of sp³-hybridized carbons (Fsp3) is 0.269. The van der Waals surface area contributed by atoms with Crippen LogP contribution in [-0.4, -0.2) is 18.8 Å². The van der Waals surface area contributed by atoms with Gasteiger partial charge in [-0.2, -0.15) is 5.26 Å². The molecule has 0 fully saturated rings. The maximum atomic E-state index is 13.7. The minimum atomic E-state index is -1.55. The van der Waals surface area contributed by atoms with Gasteiger partial charge in [-0.05, 0) is 42.2 Å². The fourth-order valence-electron chi connectivity index (χ4n) is 5.40. The van der Waals surface area contributed by atoms with Crippen LogP contribution in [0.2, 0.25) is 0 Å². The predicted molar refractivity (Wildman–Crippen MR) is 124 cm³/mol. The molecule has 7 heteroatoms. The summed E-state index contributed by atoms with van der Waals surface area (Å²) in [5, 5.41) is 13.2. The smallest absolute Gasteiger partial charge is 0.245 e. The Hall–Kier alpha value is -4.05. The number of fused-ring (bicyclic) bond motifs is 3. The Morgan fingerprint density at radius 3 is 2.45 bits per heavy atom. The van der Waals surface area contributed by atoms with Gasteiger partial charge in [0.1, 0.15) is 23.1 Å². The Morgan fingerprint density at radius 1 is 1.09 bits per heavy atom. The van der Waals surface area contributed by atoms with E-state index in [0.717, 1.165) is 0 Å². The van der Waals surface area contributed by atoms with Crippen LogP contribution in [0.5, 0.6) is 5.75 Å². The van der Waals surface area contributed by atoms with Crippen LogP contribution in [0, 0.1) is 16.7 Å². The summed E-state index contributed by atoms with van der Waals surface area (Å²) >= 11 is 0. The van der Waals surface area contributed by atoms with Gasteiger partial charge in [-0.1, -0.05) is 32.0 Å². The highest BCUT2D eigenvalue weighted by Crippen LogP contribution is 2.57. The summed E-state index contributed by atoms with van der Waals surface area (Å²) in [6, 6.07) is 16.6. The number of benzene rings is 2. The van der Waals surface area contributed by atoms with Gasteiger partial charge >= 0.3 is 0 Å². The molecule has 0 aromatic heterocycles. The number of allylic oxidation sites excluding steroid dienone is 1. The minimum absolute atomic E-state index is 0.0626. The third-order valence-corrected chi connectivity index (χ3v) is 6.73. The molecule has 7 nitrogen and oxygen atoms in total. The van der Waals surface area contributed by atoms with Crippen molar-refractivity contribution in [3.05, 3.63) is 76.8 Å². The lowest BCUT2D eigenvalue weighted by Crippen LogP contribution is -2.52. The molecular weight excluding hydrogens is 416 g/mol. The first-order chi connectivity index (χ1) is 15.7. The van der Waals surface area contributed by atoms with Crippen LogP contribution in [0.3, 0.4) is 0 Å². The molecule has 5 rings (SSSR count). The number of ketones is 1. The molecule has 0 saturated carbocycles. The van der Waals surface area contributed by atoms with E-state index in [2.05, 4.69) is 11.4 Å². The largest absolute Gasteiger partial charge is 0.497 e. The van der Waals surface area contributed by atoms with Crippen molar-refractivity contribution in [2.24, 2.45) is 11.1 Å². The zero-order valence-corrected chi connectivity index (χ0v) is 18.7. The molecule has 0 radical (unpaired) electrons. The zero-order chi connectivity index (χ0) is 23.5. The van der Waals surface area contributed by atoms with Gasteiger partial charge in [0.25, 0.3) is 0 Å². The molecule has 2 aliphatic heterocycles. The van der Waals surface area contributed by atoms with Crippen LogP contribution in [0.25, 0.3) is 0 Å². The van der Waals surface area contributed by atoms with E-state index < -0.39 is 11.3 Å². The summed E-state index contributed by atoms with van der Waals surface area (Å²) < 4.78 is 5.28. The number of nitrogens with one attached hydrogen (secondary N) is 1. The van der Waals surface area contributed by atoms with Gasteiger partial charge in [-0.25, -0.2) is 0 Å². The number of para-hydroxylation sites is 1. The van der Waals surface area contributed by atoms with Gasteiger partial charge < -0.3 is 15.8 Å². The number of hydrogen-bond acceptors (Lipinski definition) is 6. The van der Waals surface area contributed by atoms with E-state index in [-0.39, 0.29) is 29.0 Å². The van der Waals surface area contributed by atoms with Crippen LogP contribution in [0.15, 0.2) is 71.2 Å². The SMILES string of the molecule is COc1ccc(N2C(N)=C(C#N)C3(C(=O)Nc4ccccc43)C3=C2CC(C)(C)CC3=O)cc1. The second kappa shape index (κ2) is 6.97. The Labute approximate surface area is 192 Å². The van der Waals surface area contributed by atoms with Crippen molar-refractivity contribution in [2.45, 2.75) is 32.1 Å². The molecule has 2 aromatic rings. The monoisotopic (exact) mass is 440 g/mol. The second-order valence-electron chi connectivity index (χ2n) is 9.42. The quantitative estimate of drug-likeness (QED) is 0.736. The van der Waals surface area contributed by atoms with Crippen LogP contribution >= 0.6 is 0 Å². The number of nitrogens with zero attached hydrogens (tertiary/aromatic N) is 2. The number of nitriles is 1. The van der Waals surface area contributed by atoms with Crippen molar-refractivity contribution in [3.8, 4) is 11.8 Å². The Morgan fingerprint density at radius 2 is 1.79 bits per heavy atom. The molecule has 0 saturated heterocycles. The molecule has 3 N–H and O–H groups in total. The van der Waals surface area contributed by atoms with Crippen molar-refractivity contribution >= 4 is 23.1 Å². The highest BCUT2D eigenvalue weighted by atomic mass is 16.5. The van der Waals surface area contributed by atoms with Crippen molar-refractivity contribution < 1.29 is 14.3 Å². The third-order valence-electron chi connectivity index (χ3n) is 6.73. The standard InChI is InChI=1S/C26H24N4O3/c1-25(2)12-20-22(21(31)13-25)26(17-6-4-5-7-19(17)29-24(26)32)18(14-27)23(28)30(20)15-8-10-16(33-3)11-9-15/h4-11H,12-13,28H2,1-3H3,(H,29,32). The van der Waals surface area contributed by atoms with Gasteiger partial charge in [0, 0.05) is 34.6 Å². The first-order valence-electron chi connectivity index (χ1n) is 10.8. The molecule has 1 amide bonds. The van der Waals surface area contributed by atoms with E-state index in [0.29, 0.717) is 40.4 Å². The van der Waals surface area contributed by atoms with Gasteiger partial charge in [-0.3, -0.25) is 14.5 Å². The first kappa shape index (κ1) is 20.8. The molecule has 1 atom stereocenters.